The Bertz CT molecular complexity index is 384. The van der Waals surface area contributed by atoms with Crippen LogP contribution in [0.4, 0.5) is 0 Å². The van der Waals surface area contributed by atoms with E-state index in [2.05, 4.69) is 0 Å². The predicted octanol–water partition coefficient (Wildman–Crippen LogP) is 2.35. The van der Waals surface area contributed by atoms with E-state index >= 15 is 0 Å². The lowest BCUT2D eigenvalue weighted by atomic mass is 10.2. The molecule has 0 aliphatic rings. The zero-order valence-corrected chi connectivity index (χ0v) is 10.6. The van der Waals surface area contributed by atoms with Gasteiger partial charge in [-0.3, -0.25) is 0 Å². The third-order valence-corrected chi connectivity index (χ3v) is 5.08. The van der Waals surface area contributed by atoms with Crippen LogP contribution in [-0.4, -0.2) is 25.7 Å². The van der Waals surface area contributed by atoms with E-state index in [-0.39, 0.29) is 16.8 Å². The summed E-state index contributed by atoms with van der Waals surface area (Å²) in [4.78, 5) is 0. The molecule has 2 nitrogen and oxygen atoms in total. The summed E-state index contributed by atoms with van der Waals surface area (Å²) < 4.78 is 23.5. The number of hydrogen-bond acceptors (Lipinski definition) is 3. The van der Waals surface area contributed by atoms with Gasteiger partial charge in [0.1, 0.15) is 0 Å². The molecule has 1 aromatic carbocycles. The van der Waals surface area contributed by atoms with Gasteiger partial charge in [0.05, 0.1) is 11.5 Å². The highest BCUT2D eigenvalue weighted by atomic mass is 32.2. The Morgan fingerprint density at radius 1 is 1.27 bits per heavy atom. The van der Waals surface area contributed by atoms with E-state index < -0.39 is 9.84 Å². The van der Waals surface area contributed by atoms with Crippen molar-refractivity contribution >= 4 is 21.6 Å². The molecule has 0 radical (unpaired) electrons. The molecule has 0 amide bonds. The maximum absolute atomic E-state index is 11.8. The maximum Gasteiger partial charge on any atom is 0.155 e. The molecule has 0 aromatic heterocycles. The first-order valence-corrected chi connectivity index (χ1v) is 7.91. The maximum atomic E-state index is 11.8. The number of thioether (sulfide) groups is 1. The van der Waals surface area contributed by atoms with Crippen LogP contribution >= 0.6 is 11.8 Å². The van der Waals surface area contributed by atoms with Gasteiger partial charge in [0.25, 0.3) is 0 Å². The quantitative estimate of drug-likeness (QED) is 0.797. The molecule has 1 aromatic rings. The van der Waals surface area contributed by atoms with Crippen molar-refractivity contribution in [3.8, 4) is 0 Å². The molecule has 0 aliphatic heterocycles. The number of benzene rings is 1. The van der Waals surface area contributed by atoms with Gasteiger partial charge in [-0.1, -0.05) is 37.3 Å². The zero-order chi connectivity index (χ0) is 11.3. The SMILES string of the molecule is CSC(C)CS(=O)(=O)Cc1ccccc1. The highest BCUT2D eigenvalue weighted by molar-refractivity contribution is 8.00. The van der Waals surface area contributed by atoms with Gasteiger partial charge in [-0.25, -0.2) is 8.42 Å². The summed E-state index contributed by atoms with van der Waals surface area (Å²) in [6.45, 7) is 1.94. The average Bonchev–Trinajstić information content (AvgIpc) is 2.17. The van der Waals surface area contributed by atoms with Crippen LogP contribution in [0.1, 0.15) is 12.5 Å². The fourth-order valence-electron chi connectivity index (χ4n) is 1.31. The van der Waals surface area contributed by atoms with E-state index in [9.17, 15) is 8.42 Å². The summed E-state index contributed by atoms with van der Waals surface area (Å²) in [5.74, 6) is 0.405. The second kappa shape index (κ2) is 5.56. The Balaban J connectivity index is 2.65. The largest absolute Gasteiger partial charge is 0.228 e. The van der Waals surface area contributed by atoms with Gasteiger partial charge in [-0.05, 0) is 11.8 Å². The molecule has 0 spiro atoms. The Morgan fingerprint density at radius 2 is 1.87 bits per heavy atom. The molecule has 0 heterocycles. The van der Waals surface area contributed by atoms with Crippen molar-refractivity contribution in [1.29, 1.82) is 0 Å². The molecule has 0 fully saturated rings. The van der Waals surface area contributed by atoms with Crippen LogP contribution in [0.15, 0.2) is 30.3 Å². The van der Waals surface area contributed by atoms with E-state index in [4.69, 9.17) is 0 Å². The second-order valence-electron chi connectivity index (χ2n) is 3.59. The second-order valence-corrected chi connectivity index (χ2v) is 6.97. The summed E-state index contributed by atoms with van der Waals surface area (Å²) in [5.41, 5.74) is 0.866. The van der Waals surface area contributed by atoms with Gasteiger partial charge in [0.2, 0.25) is 0 Å². The Hall–Kier alpha value is -0.480. The average molecular weight is 244 g/mol. The van der Waals surface area contributed by atoms with Crippen LogP contribution in [-0.2, 0) is 15.6 Å². The number of sulfone groups is 1. The number of rotatable bonds is 5. The minimum Gasteiger partial charge on any atom is -0.228 e. The van der Waals surface area contributed by atoms with Gasteiger partial charge in [-0.15, -0.1) is 0 Å². The Morgan fingerprint density at radius 3 is 2.40 bits per heavy atom. The minimum absolute atomic E-state index is 0.152. The lowest BCUT2D eigenvalue weighted by molar-refractivity contribution is 0.594. The van der Waals surface area contributed by atoms with Crippen molar-refractivity contribution in [3.05, 3.63) is 35.9 Å². The summed E-state index contributed by atoms with van der Waals surface area (Å²) in [7, 11) is -2.97. The summed E-state index contributed by atoms with van der Waals surface area (Å²) in [6.07, 6.45) is 1.93. The first-order chi connectivity index (χ1) is 7.03. The van der Waals surface area contributed by atoms with Crippen molar-refractivity contribution in [2.24, 2.45) is 0 Å². The Kier molecular flexibility index (Phi) is 4.67. The topological polar surface area (TPSA) is 34.1 Å². The lowest BCUT2D eigenvalue weighted by Crippen LogP contribution is -2.17. The molecule has 84 valence electrons. The van der Waals surface area contributed by atoms with E-state index in [1.165, 1.54) is 0 Å². The first-order valence-electron chi connectivity index (χ1n) is 4.80. The zero-order valence-electron chi connectivity index (χ0n) is 9.01. The molecule has 0 bridgehead atoms. The standard InChI is InChI=1S/C11H16O2S2/c1-10(14-2)8-15(12,13)9-11-6-4-3-5-7-11/h3-7,10H,8-9H2,1-2H3. The van der Waals surface area contributed by atoms with Crippen LogP contribution in [0.5, 0.6) is 0 Å². The van der Waals surface area contributed by atoms with Crippen molar-refractivity contribution in [3.63, 3.8) is 0 Å². The summed E-state index contributed by atoms with van der Waals surface area (Å²) in [6, 6.07) is 9.31. The molecule has 1 rings (SSSR count). The normalized spacial score (nSPS) is 13.7. The van der Waals surface area contributed by atoms with Crippen LogP contribution in [0, 0.1) is 0 Å². The highest BCUT2D eigenvalue weighted by Crippen LogP contribution is 2.12. The summed E-state index contributed by atoms with van der Waals surface area (Å²) in [5, 5.41) is 0.165. The van der Waals surface area contributed by atoms with E-state index in [1.54, 1.807) is 11.8 Å². The third-order valence-electron chi connectivity index (χ3n) is 2.12. The summed E-state index contributed by atoms with van der Waals surface area (Å²) >= 11 is 1.58. The fraction of sp³-hybridized carbons (Fsp3) is 0.455. The Labute approximate surface area is 96.0 Å². The van der Waals surface area contributed by atoms with Gasteiger partial charge >= 0.3 is 0 Å². The third kappa shape index (κ3) is 4.71. The monoisotopic (exact) mass is 244 g/mol. The van der Waals surface area contributed by atoms with Gasteiger partial charge < -0.3 is 0 Å². The molecule has 1 atom stereocenters. The van der Waals surface area contributed by atoms with Crippen molar-refractivity contribution in [1.82, 2.24) is 0 Å². The molecule has 0 aliphatic carbocycles. The van der Waals surface area contributed by atoms with Crippen LogP contribution in [0.25, 0.3) is 0 Å². The van der Waals surface area contributed by atoms with Crippen LogP contribution in [0.2, 0.25) is 0 Å². The van der Waals surface area contributed by atoms with Crippen molar-refractivity contribution in [2.75, 3.05) is 12.0 Å². The molecule has 4 heteroatoms. The van der Waals surface area contributed by atoms with E-state index in [0.717, 1.165) is 5.56 Å². The van der Waals surface area contributed by atoms with Gasteiger partial charge in [0, 0.05) is 5.25 Å². The molecule has 1 unspecified atom stereocenters. The van der Waals surface area contributed by atoms with Gasteiger partial charge in [-0.2, -0.15) is 11.8 Å². The highest BCUT2D eigenvalue weighted by Gasteiger charge is 2.15. The van der Waals surface area contributed by atoms with Gasteiger partial charge in [0.15, 0.2) is 9.84 Å². The van der Waals surface area contributed by atoms with E-state index in [0.29, 0.717) is 0 Å². The van der Waals surface area contributed by atoms with Crippen LogP contribution in [0.3, 0.4) is 0 Å². The molecule has 0 saturated carbocycles. The predicted molar refractivity (Wildman–Crippen MR) is 66.9 cm³/mol. The fourth-order valence-corrected chi connectivity index (χ4v) is 4.01. The van der Waals surface area contributed by atoms with Crippen molar-refractivity contribution in [2.45, 2.75) is 17.9 Å². The number of hydrogen-bond donors (Lipinski definition) is 0. The molecular weight excluding hydrogens is 228 g/mol. The molecular formula is C11H16O2S2. The molecule has 15 heavy (non-hydrogen) atoms. The van der Waals surface area contributed by atoms with Crippen LogP contribution < -0.4 is 0 Å². The van der Waals surface area contributed by atoms with E-state index in [1.807, 2.05) is 43.5 Å². The first kappa shape index (κ1) is 12.6. The minimum atomic E-state index is -2.97. The molecule has 0 N–H and O–H groups in total. The van der Waals surface area contributed by atoms with Crippen molar-refractivity contribution < 1.29 is 8.42 Å². The lowest BCUT2D eigenvalue weighted by Gasteiger charge is -2.08. The molecule has 0 saturated heterocycles. The smallest absolute Gasteiger partial charge is 0.155 e.